The van der Waals surface area contributed by atoms with Crippen molar-refractivity contribution in [3.63, 3.8) is 0 Å². The van der Waals surface area contributed by atoms with Gasteiger partial charge in [-0.15, -0.1) is 5.06 Å². The highest BCUT2D eigenvalue weighted by atomic mass is 35.5. The lowest BCUT2D eigenvalue weighted by Crippen LogP contribution is -2.46. The van der Waals surface area contributed by atoms with E-state index in [0.29, 0.717) is 28.5 Å². The minimum Gasteiger partial charge on any atom is -0.445 e. The number of halogens is 1. The van der Waals surface area contributed by atoms with Crippen LogP contribution in [-0.2, 0) is 35.3 Å². The Hall–Kier alpha value is -3.34. The number of rotatable bonds is 10. The van der Waals surface area contributed by atoms with Crippen molar-refractivity contribution in [1.82, 2.24) is 15.7 Å². The standard InChI is InChI=1S/C23H30ClN3O8/c1-23(2,3)34-22(32)26-17(20(30)35-27-18(28)11-12-19(27)29)10-6-7-13-25-21(31)33-14-15-8-4-5-9-16(15)24/h4-5,8-9,17H,6-7,10-14H2,1-3H3,(H,25,31)(H,26,32). The maximum absolute atomic E-state index is 12.6. The van der Waals surface area contributed by atoms with Crippen molar-refractivity contribution in [2.45, 2.75) is 71.1 Å². The lowest BCUT2D eigenvalue weighted by atomic mass is 10.1. The Morgan fingerprint density at radius 3 is 2.34 bits per heavy atom. The molecule has 192 valence electrons. The highest BCUT2D eigenvalue weighted by molar-refractivity contribution is 6.31. The molecule has 0 spiro atoms. The van der Waals surface area contributed by atoms with E-state index in [2.05, 4.69) is 10.6 Å². The number of alkyl carbamates (subject to hydrolysis) is 2. The number of carbonyl (C=O) groups is 5. The lowest BCUT2D eigenvalue weighted by molar-refractivity contribution is -0.199. The smallest absolute Gasteiger partial charge is 0.408 e. The van der Waals surface area contributed by atoms with Crippen molar-refractivity contribution in [1.29, 1.82) is 0 Å². The molecule has 0 aromatic heterocycles. The Labute approximate surface area is 208 Å². The molecule has 1 aliphatic heterocycles. The fraction of sp³-hybridized carbons (Fsp3) is 0.522. The molecule has 11 nitrogen and oxygen atoms in total. The lowest BCUT2D eigenvalue weighted by Gasteiger charge is -2.23. The zero-order valence-corrected chi connectivity index (χ0v) is 20.7. The topological polar surface area (TPSA) is 140 Å². The van der Waals surface area contributed by atoms with Gasteiger partial charge in [-0.2, -0.15) is 0 Å². The van der Waals surface area contributed by atoms with Crippen LogP contribution in [0.4, 0.5) is 9.59 Å². The number of unbranched alkanes of at least 4 members (excludes halogenated alkanes) is 1. The molecule has 35 heavy (non-hydrogen) atoms. The van der Waals surface area contributed by atoms with Crippen LogP contribution in [0.25, 0.3) is 0 Å². The normalized spacial score (nSPS) is 14.3. The van der Waals surface area contributed by atoms with Gasteiger partial charge in [-0.3, -0.25) is 9.59 Å². The molecule has 12 heteroatoms. The maximum atomic E-state index is 12.6. The summed E-state index contributed by atoms with van der Waals surface area (Å²) in [7, 11) is 0. The summed E-state index contributed by atoms with van der Waals surface area (Å²) < 4.78 is 10.3. The molecule has 1 heterocycles. The first-order chi connectivity index (χ1) is 16.5. The first kappa shape index (κ1) is 27.9. The second-order valence-electron chi connectivity index (χ2n) is 8.78. The minimum atomic E-state index is -1.17. The Morgan fingerprint density at radius 2 is 1.71 bits per heavy atom. The van der Waals surface area contributed by atoms with E-state index < -0.39 is 41.6 Å². The number of carbonyl (C=O) groups excluding carboxylic acids is 5. The zero-order chi connectivity index (χ0) is 26.0. The molecule has 1 fully saturated rings. The first-order valence-corrected chi connectivity index (χ1v) is 11.5. The quantitative estimate of drug-likeness (QED) is 0.360. The van der Waals surface area contributed by atoms with Gasteiger partial charge in [0.15, 0.2) is 0 Å². The predicted molar refractivity (Wildman–Crippen MR) is 124 cm³/mol. The zero-order valence-electron chi connectivity index (χ0n) is 19.9. The molecule has 1 aromatic carbocycles. The van der Waals surface area contributed by atoms with Crippen molar-refractivity contribution in [3.8, 4) is 0 Å². The Balaban J connectivity index is 1.81. The van der Waals surface area contributed by atoms with Crippen LogP contribution in [0.5, 0.6) is 0 Å². The van der Waals surface area contributed by atoms with Gasteiger partial charge < -0.3 is 24.9 Å². The number of amides is 4. The van der Waals surface area contributed by atoms with Crippen LogP contribution >= 0.6 is 11.6 Å². The van der Waals surface area contributed by atoms with E-state index in [9.17, 15) is 24.0 Å². The van der Waals surface area contributed by atoms with Gasteiger partial charge in [0, 0.05) is 30.0 Å². The molecular formula is C23H30ClN3O8. The van der Waals surface area contributed by atoms with E-state index >= 15 is 0 Å². The summed E-state index contributed by atoms with van der Waals surface area (Å²) >= 11 is 6.02. The average molecular weight is 512 g/mol. The van der Waals surface area contributed by atoms with Crippen molar-refractivity contribution in [2.24, 2.45) is 0 Å². The van der Waals surface area contributed by atoms with Gasteiger partial charge in [0.25, 0.3) is 11.8 Å². The monoisotopic (exact) mass is 511 g/mol. The fourth-order valence-electron chi connectivity index (χ4n) is 2.98. The molecule has 1 unspecified atom stereocenters. The van der Waals surface area contributed by atoms with Crippen LogP contribution in [0.1, 0.15) is 58.4 Å². The fourth-order valence-corrected chi connectivity index (χ4v) is 3.17. The van der Waals surface area contributed by atoms with Crippen molar-refractivity contribution >= 4 is 41.6 Å². The molecule has 0 bridgehead atoms. The minimum absolute atomic E-state index is 0.0210. The Morgan fingerprint density at radius 1 is 1.06 bits per heavy atom. The van der Waals surface area contributed by atoms with Gasteiger partial charge in [0.05, 0.1) is 0 Å². The third-order valence-corrected chi connectivity index (χ3v) is 5.04. The number of hydroxylamine groups is 2. The number of ether oxygens (including phenoxy) is 2. The number of benzene rings is 1. The third-order valence-electron chi connectivity index (χ3n) is 4.67. The molecule has 0 aliphatic carbocycles. The summed E-state index contributed by atoms with van der Waals surface area (Å²) in [5, 5.41) is 5.91. The van der Waals surface area contributed by atoms with E-state index in [4.69, 9.17) is 25.9 Å². The summed E-state index contributed by atoms with van der Waals surface area (Å²) in [6.45, 7) is 5.26. The molecule has 0 radical (unpaired) electrons. The molecule has 1 aromatic rings. The van der Waals surface area contributed by atoms with E-state index in [1.165, 1.54) is 0 Å². The number of hydrogen-bond acceptors (Lipinski definition) is 8. The molecule has 2 rings (SSSR count). The molecule has 1 saturated heterocycles. The molecule has 1 aliphatic rings. The summed E-state index contributed by atoms with van der Waals surface area (Å²) in [5.74, 6) is -2.22. The highest BCUT2D eigenvalue weighted by Crippen LogP contribution is 2.16. The molecule has 2 N–H and O–H groups in total. The summed E-state index contributed by atoms with van der Waals surface area (Å²) in [6.07, 6.45) is -0.614. The molecule has 0 saturated carbocycles. The predicted octanol–water partition coefficient (Wildman–Crippen LogP) is 3.24. The van der Waals surface area contributed by atoms with Crippen LogP contribution < -0.4 is 10.6 Å². The van der Waals surface area contributed by atoms with Gasteiger partial charge in [0.1, 0.15) is 18.2 Å². The van der Waals surface area contributed by atoms with Gasteiger partial charge in [-0.1, -0.05) is 29.8 Å². The van der Waals surface area contributed by atoms with E-state index in [0.717, 1.165) is 0 Å². The molecule has 4 amide bonds. The number of imide groups is 1. The highest BCUT2D eigenvalue weighted by Gasteiger charge is 2.35. The average Bonchev–Trinajstić information content (AvgIpc) is 3.08. The third kappa shape index (κ3) is 9.81. The van der Waals surface area contributed by atoms with E-state index in [1.54, 1.807) is 45.0 Å². The number of hydrogen-bond donors (Lipinski definition) is 2. The van der Waals surface area contributed by atoms with Crippen LogP contribution in [0.3, 0.4) is 0 Å². The van der Waals surface area contributed by atoms with Crippen LogP contribution in [0.15, 0.2) is 24.3 Å². The second-order valence-corrected chi connectivity index (χ2v) is 9.19. The maximum Gasteiger partial charge on any atom is 0.408 e. The SMILES string of the molecule is CC(C)(C)OC(=O)NC(CCCCNC(=O)OCc1ccccc1Cl)C(=O)ON1C(=O)CCC1=O. The van der Waals surface area contributed by atoms with Crippen molar-refractivity contribution in [3.05, 3.63) is 34.9 Å². The second kappa shape index (κ2) is 12.9. The largest absolute Gasteiger partial charge is 0.445 e. The van der Waals surface area contributed by atoms with Gasteiger partial charge in [-0.25, -0.2) is 14.4 Å². The van der Waals surface area contributed by atoms with Crippen molar-refractivity contribution in [2.75, 3.05) is 6.54 Å². The Bertz CT molecular complexity index is 931. The summed E-state index contributed by atoms with van der Waals surface area (Å²) in [5.41, 5.74) is -0.123. The number of nitrogens with zero attached hydrogens (tertiary/aromatic N) is 1. The van der Waals surface area contributed by atoms with Crippen LogP contribution in [0.2, 0.25) is 5.02 Å². The molecule has 1 atom stereocenters. The van der Waals surface area contributed by atoms with E-state index in [1.807, 2.05) is 0 Å². The van der Waals surface area contributed by atoms with Gasteiger partial charge >= 0.3 is 18.2 Å². The molecular weight excluding hydrogens is 482 g/mol. The van der Waals surface area contributed by atoms with Gasteiger partial charge in [0.2, 0.25) is 0 Å². The first-order valence-electron chi connectivity index (χ1n) is 11.2. The van der Waals surface area contributed by atoms with Gasteiger partial charge in [-0.05, 0) is 46.1 Å². The number of nitrogens with one attached hydrogen (secondary N) is 2. The van der Waals surface area contributed by atoms with Crippen molar-refractivity contribution < 1.29 is 38.3 Å². The van der Waals surface area contributed by atoms with E-state index in [-0.39, 0.29) is 32.4 Å². The summed E-state index contributed by atoms with van der Waals surface area (Å²) in [4.78, 5) is 65.0. The summed E-state index contributed by atoms with van der Waals surface area (Å²) in [6, 6.07) is 5.83. The van der Waals surface area contributed by atoms with Crippen LogP contribution in [0, 0.1) is 0 Å². The van der Waals surface area contributed by atoms with Crippen LogP contribution in [-0.4, -0.2) is 53.2 Å². The Kier molecular flexibility index (Phi) is 10.3.